The van der Waals surface area contributed by atoms with Crippen molar-refractivity contribution < 1.29 is 9.21 Å². The molecule has 0 atom stereocenters. The number of halogens is 1. The van der Waals surface area contributed by atoms with Crippen LogP contribution in [-0.4, -0.2) is 6.29 Å². The largest absolute Gasteiger partial charge is 0.457 e. The Bertz CT molecular complexity index is 324. The third kappa shape index (κ3) is 1.92. The smallest absolute Gasteiger partial charge is 0.186 e. The minimum atomic E-state index is 0.422. The van der Waals surface area contributed by atoms with Crippen molar-refractivity contribution in [2.45, 2.75) is 38.0 Å². The second-order valence-electron chi connectivity index (χ2n) is 3.81. The van der Waals surface area contributed by atoms with Crippen molar-refractivity contribution in [1.82, 2.24) is 0 Å². The lowest BCUT2D eigenvalue weighted by molar-refractivity contribution is 0.109. The molecular weight excluding hydrogens is 244 g/mol. The molecular formula is C11H13BrO2. The van der Waals surface area contributed by atoms with E-state index in [4.69, 9.17) is 4.42 Å². The highest BCUT2D eigenvalue weighted by atomic mass is 79.9. The lowest BCUT2D eigenvalue weighted by atomic mass is 9.88. The summed E-state index contributed by atoms with van der Waals surface area (Å²) in [7, 11) is 0. The number of hydrogen-bond donors (Lipinski definition) is 0. The standard InChI is InChI=1S/C11H13BrO2/c12-9-6-10(14-11(9)7-13)8-4-2-1-3-5-8/h6-8H,1-5H2. The van der Waals surface area contributed by atoms with Crippen molar-refractivity contribution in [3.8, 4) is 0 Å². The Balaban J connectivity index is 2.18. The van der Waals surface area contributed by atoms with Gasteiger partial charge in [-0.15, -0.1) is 0 Å². The van der Waals surface area contributed by atoms with E-state index in [1.165, 1.54) is 32.1 Å². The Morgan fingerprint density at radius 2 is 2.07 bits per heavy atom. The van der Waals surface area contributed by atoms with Crippen LogP contribution in [0.15, 0.2) is 15.0 Å². The molecule has 0 unspecified atom stereocenters. The number of carbonyl (C=O) groups excluding carboxylic acids is 1. The zero-order chi connectivity index (χ0) is 9.97. The first-order chi connectivity index (χ1) is 6.81. The van der Waals surface area contributed by atoms with Gasteiger partial charge in [-0.2, -0.15) is 0 Å². The van der Waals surface area contributed by atoms with E-state index in [1.807, 2.05) is 6.07 Å². The van der Waals surface area contributed by atoms with Crippen LogP contribution in [-0.2, 0) is 0 Å². The second kappa shape index (κ2) is 4.30. The van der Waals surface area contributed by atoms with Gasteiger partial charge < -0.3 is 4.42 Å². The lowest BCUT2D eigenvalue weighted by Gasteiger charge is -2.18. The molecule has 0 radical (unpaired) electrons. The zero-order valence-corrected chi connectivity index (χ0v) is 9.55. The molecule has 0 aromatic carbocycles. The molecule has 1 aromatic rings. The van der Waals surface area contributed by atoms with Crippen LogP contribution in [0.3, 0.4) is 0 Å². The van der Waals surface area contributed by atoms with Crippen molar-refractivity contribution in [1.29, 1.82) is 0 Å². The molecule has 0 saturated heterocycles. The Morgan fingerprint density at radius 3 is 2.64 bits per heavy atom. The number of aldehydes is 1. The fraction of sp³-hybridized carbons (Fsp3) is 0.545. The van der Waals surface area contributed by atoms with Gasteiger partial charge in [-0.1, -0.05) is 19.3 Å². The predicted octanol–water partition coefficient (Wildman–Crippen LogP) is 3.90. The van der Waals surface area contributed by atoms with E-state index in [1.54, 1.807) is 0 Å². The summed E-state index contributed by atoms with van der Waals surface area (Å²) in [6.07, 6.45) is 7.03. The van der Waals surface area contributed by atoms with Crippen LogP contribution in [0.25, 0.3) is 0 Å². The third-order valence-electron chi connectivity index (χ3n) is 2.85. The van der Waals surface area contributed by atoms with E-state index >= 15 is 0 Å². The summed E-state index contributed by atoms with van der Waals surface area (Å²) in [6.45, 7) is 0. The third-order valence-corrected chi connectivity index (χ3v) is 3.47. The number of rotatable bonds is 2. The molecule has 1 aliphatic rings. The summed E-state index contributed by atoms with van der Waals surface area (Å²) < 4.78 is 6.27. The van der Waals surface area contributed by atoms with Crippen molar-refractivity contribution in [3.05, 3.63) is 22.1 Å². The summed E-state index contributed by atoms with van der Waals surface area (Å²) in [5.41, 5.74) is 0. The van der Waals surface area contributed by atoms with Crippen LogP contribution in [0.5, 0.6) is 0 Å². The molecule has 1 aliphatic carbocycles. The Morgan fingerprint density at radius 1 is 1.36 bits per heavy atom. The van der Waals surface area contributed by atoms with Crippen LogP contribution in [0.4, 0.5) is 0 Å². The van der Waals surface area contributed by atoms with Crippen molar-refractivity contribution in [3.63, 3.8) is 0 Å². The quantitative estimate of drug-likeness (QED) is 0.752. The number of hydrogen-bond acceptors (Lipinski definition) is 2. The molecule has 1 heterocycles. The van der Waals surface area contributed by atoms with Gasteiger partial charge in [0.15, 0.2) is 12.0 Å². The first-order valence-corrected chi connectivity index (χ1v) is 5.85. The lowest BCUT2D eigenvalue weighted by Crippen LogP contribution is -2.02. The fourth-order valence-corrected chi connectivity index (χ4v) is 2.47. The minimum Gasteiger partial charge on any atom is -0.457 e. The van der Waals surface area contributed by atoms with E-state index in [0.717, 1.165) is 16.5 Å². The van der Waals surface area contributed by atoms with Crippen molar-refractivity contribution in [2.75, 3.05) is 0 Å². The highest BCUT2D eigenvalue weighted by Gasteiger charge is 2.20. The molecule has 2 rings (SSSR count). The van der Waals surface area contributed by atoms with Crippen molar-refractivity contribution in [2.24, 2.45) is 0 Å². The average Bonchev–Trinajstić information content (AvgIpc) is 2.61. The number of carbonyl (C=O) groups is 1. The van der Waals surface area contributed by atoms with Gasteiger partial charge in [0, 0.05) is 5.92 Å². The maximum atomic E-state index is 10.6. The Hall–Kier alpha value is -0.570. The van der Waals surface area contributed by atoms with Gasteiger partial charge in [0.05, 0.1) is 4.47 Å². The van der Waals surface area contributed by atoms with E-state index in [2.05, 4.69) is 15.9 Å². The van der Waals surface area contributed by atoms with Gasteiger partial charge in [-0.3, -0.25) is 4.79 Å². The van der Waals surface area contributed by atoms with Crippen LogP contribution >= 0.6 is 15.9 Å². The second-order valence-corrected chi connectivity index (χ2v) is 4.67. The zero-order valence-electron chi connectivity index (χ0n) is 7.96. The molecule has 1 saturated carbocycles. The first-order valence-electron chi connectivity index (χ1n) is 5.05. The maximum Gasteiger partial charge on any atom is 0.186 e. The topological polar surface area (TPSA) is 30.2 Å². The Labute approximate surface area is 91.8 Å². The molecule has 2 nitrogen and oxygen atoms in total. The van der Waals surface area contributed by atoms with E-state index in [-0.39, 0.29) is 0 Å². The Kier molecular flexibility index (Phi) is 3.06. The van der Waals surface area contributed by atoms with E-state index < -0.39 is 0 Å². The minimum absolute atomic E-state index is 0.422. The molecule has 76 valence electrons. The molecule has 0 aliphatic heterocycles. The number of furan rings is 1. The van der Waals surface area contributed by atoms with Crippen LogP contribution in [0, 0.1) is 0 Å². The van der Waals surface area contributed by atoms with Gasteiger partial charge in [-0.25, -0.2) is 0 Å². The summed E-state index contributed by atoms with van der Waals surface area (Å²) in [5, 5.41) is 0. The SMILES string of the molecule is O=Cc1oc(C2CCCCC2)cc1Br. The summed E-state index contributed by atoms with van der Waals surface area (Å²) in [5.74, 6) is 1.91. The van der Waals surface area contributed by atoms with Gasteiger partial charge in [0.2, 0.25) is 0 Å². The maximum absolute atomic E-state index is 10.6. The summed E-state index contributed by atoms with van der Waals surface area (Å²) >= 11 is 3.32. The van der Waals surface area contributed by atoms with Gasteiger partial charge >= 0.3 is 0 Å². The van der Waals surface area contributed by atoms with Gasteiger partial charge in [-0.05, 0) is 34.8 Å². The summed E-state index contributed by atoms with van der Waals surface area (Å²) in [4.78, 5) is 10.6. The average molecular weight is 257 g/mol. The normalized spacial score (nSPS) is 18.4. The fourth-order valence-electron chi connectivity index (χ4n) is 2.07. The summed E-state index contributed by atoms with van der Waals surface area (Å²) in [6, 6.07) is 1.94. The van der Waals surface area contributed by atoms with Gasteiger partial charge in [0.1, 0.15) is 5.76 Å². The molecule has 0 bridgehead atoms. The monoisotopic (exact) mass is 256 g/mol. The highest BCUT2D eigenvalue weighted by molar-refractivity contribution is 9.10. The van der Waals surface area contributed by atoms with Crippen LogP contribution in [0.1, 0.15) is 54.3 Å². The molecule has 0 amide bonds. The molecule has 3 heteroatoms. The van der Waals surface area contributed by atoms with Gasteiger partial charge in [0.25, 0.3) is 0 Å². The molecule has 1 aromatic heterocycles. The van der Waals surface area contributed by atoms with Crippen LogP contribution in [0.2, 0.25) is 0 Å². The molecule has 0 N–H and O–H groups in total. The molecule has 1 fully saturated rings. The molecule has 14 heavy (non-hydrogen) atoms. The highest BCUT2D eigenvalue weighted by Crippen LogP contribution is 2.35. The van der Waals surface area contributed by atoms with E-state index in [9.17, 15) is 4.79 Å². The van der Waals surface area contributed by atoms with E-state index in [0.29, 0.717) is 11.7 Å². The van der Waals surface area contributed by atoms with Crippen LogP contribution < -0.4 is 0 Å². The first kappa shape index (κ1) is 9.97. The van der Waals surface area contributed by atoms with Crippen molar-refractivity contribution >= 4 is 22.2 Å². The molecule has 0 spiro atoms. The predicted molar refractivity (Wildman–Crippen MR) is 57.6 cm³/mol.